The molecule has 124 valence electrons. The molecule has 0 spiro atoms. The molecule has 0 fully saturated rings. The van der Waals surface area contributed by atoms with Crippen molar-refractivity contribution in [2.75, 3.05) is 20.6 Å². The van der Waals surface area contributed by atoms with E-state index in [4.69, 9.17) is 4.42 Å². The molecule has 1 amide bonds. The number of amides is 1. The van der Waals surface area contributed by atoms with Gasteiger partial charge in [0, 0.05) is 30.2 Å². The quantitative estimate of drug-likeness (QED) is 0.758. The van der Waals surface area contributed by atoms with Crippen LogP contribution < -0.4 is 5.32 Å². The van der Waals surface area contributed by atoms with Gasteiger partial charge in [0.25, 0.3) is 5.91 Å². The standard InChI is InChI=1S/C19H21N3O2/c1-21(2)17(18-9-6-12-24-18)14-20-19(23)15-7-5-8-16(13-15)22-10-3-4-11-22/h3-13,17H,14H2,1-2H3,(H,20,23). The smallest absolute Gasteiger partial charge is 0.251 e. The fourth-order valence-electron chi connectivity index (χ4n) is 2.62. The van der Waals surface area contributed by atoms with Crippen molar-refractivity contribution in [3.63, 3.8) is 0 Å². The Morgan fingerprint density at radius 3 is 2.62 bits per heavy atom. The highest BCUT2D eigenvalue weighted by molar-refractivity contribution is 5.94. The Hall–Kier alpha value is -2.79. The fraction of sp³-hybridized carbons (Fsp3) is 0.211. The summed E-state index contributed by atoms with van der Waals surface area (Å²) >= 11 is 0. The molecule has 0 radical (unpaired) electrons. The van der Waals surface area contributed by atoms with Gasteiger partial charge >= 0.3 is 0 Å². The Bertz CT molecular complexity index is 777. The molecule has 2 heterocycles. The maximum atomic E-state index is 12.5. The number of rotatable bonds is 6. The van der Waals surface area contributed by atoms with Crippen molar-refractivity contribution in [1.82, 2.24) is 14.8 Å². The molecule has 5 heteroatoms. The van der Waals surface area contributed by atoms with Gasteiger partial charge in [0.05, 0.1) is 12.3 Å². The monoisotopic (exact) mass is 323 g/mol. The highest BCUT2D eigenvalue weighted by Crippen LogP contribution is 2.18. The normalized spacial score (nSPS) is 12.3. The minimum Gasteiger partial charge on any atom is -0.468 e. The van der Waals surface area contributed by atoms with Gasteiger partial charge in [-0.3, -0.25) is 9.69 Å². The average molecular weight is 323 g/mol. The number of likely N-dealkylation sites (N-methyl/N-ethyl adjacent to an activating group) is 1. The zero-order valence-corrected chi connectivity index (χ0v) is 13.8. The minimum atomic E-state index is -0.0950. The van der Waals surface area contributed by atoms with Gasteiger partial charge in [0.1, 0.15) is 5.76 Å². The Morgan fingerprint density at radius 2 is 1.96 bits per heavy atom. The van der Waals surface area contributed by atoms with Crippen LogP contribution in [0, 0.1) is 0 Å². The van der Waals surface area contributed by atoms with Gasteiger partial charge in [0.2, 0.25) is 0 Å². The maximum absolute atomic E-state index is 12.5. The Kier molecular flexibility index (Phi) is 4.82. The van der Waals surface area contributed by atoms with Gasteiger partial charge in [-0.25, -0.2) is 0 Å². The van der Waals surface area contributed by atoms with Gasteiger partial charge in [-0.2, -0.15) is 0 Å². The van der Waals surface area contributed by atoms with E-state index in [0.29, 0.717) is 12.1 Å². The second-order valence-electron chi connectivity index (χ2n) is 5.85. The molecule has 3 rings (SSSR count). The topological polar surface area (TPSA) is 50.4 Å². The van der Waals surface area contributed by atoms with Gasteiger partial charge in [0.15, 0.2) is 0 Å². The van der Waals surface area contributed by atoms with E-state index < -0.39 is 0 Å². The van der Waals surface area contributed by atoms with E-state index in [1.54, 1.807) is 6.26 Å². The first-order valence-electron chi connectivity index (χ1n) is 7.86. The number of nitrogens with one attached hydrogen (secondary N) is 1. The molecule has 1 N–H and O–H groups in total. The molecular weight excluding hydrogens is 302 g/mol. The highest BCUT2D eigenvalue weighted by Gasteiger charge is 2.18. The molecule has 0 aliphatic heterocycles. The third kappa shape index (κ3) is 3.58. The number of nitrogens with zero attached hydrogens (tertiary/aromatic N) is 2. The lowest BCUT2D eigenvalue weighted by molar-refractivity contribution is 0.0939. The maximum Gasteiger partial charge on any atom is 0.251 e. The van der Waals surface area contributed by atoms with Crippen molar-refractivity contribution in [1.29, 1.82) is 0 Å². The summed E-state index contributed by atoms with van der Waals surface area (Å²) in [4.78, 5) is 14.5. The predicted octanol–water partition coefficient (Wildman–Crippen LogP) is 3.10. The van der Waals surface area contributed by atoms with Crippen molar-refractivity contribution in [2.24, 2.45) is 0 Å². The molecule has 3 aromatic rings. The molecule has 5 nitrogen and oxygen atoms in total. The van der Waals surface area contributed by atoms with E-state index in [1.165, 1.54) is 0 Å². The van der Waals surface area contributed by atoms with E-state index in [9.17, 15) is 4.79 Å². The number of aromatic nitrogens is 1. The van der Waals surface area contributed by atoms with Crippen LogP contribution in [0.25, 0.3) is 5.69 Å². The molecule has 24 heavy (non-hydrogen) atoms. The summed E-state index contributed by atoms with van der Waals surface area (Å²) < 4.78 is 7.44. The fourth-order valence-corrected chi connectivity index (χ4v) is 2.62. The number of hydrogen-bond donors (Lipinski definition) is 1. The van der Waals surface area contributed by atoms with Crippen LogP contribution in [0.1, 0.15) is 22.2 Å². The van der Waals surface area contributed by atoms with Gasteiger partial charge in [-0.1, -0.05) is 6.07 Å². The lowest BCUT2D eigenvalue weighted by atomic mass is 10.1. The van der Waals surface area contributed by atoms with Gasteiger partial charge < -0.3 is 14.3 Å². The highest BCUT2D eigenvalue weighted by atomic mass is 16.3. The van der Waals surface area contributed by atoms with Crippen LogP contribution in [-0.2, 0) is 0 Å². The van der Waals surface area contributed by atoms with Crippen LogP contribution in [0.3, 0.4) is 0 Å². The lowest BCUT2D eigenvalue weighted by Crippen LogP contribution is -2.34. The van der Waals surface area contributed by atoms with Crippen LogP contribution in [0.4, 0.5) is 0 Å². The van der Waals surface area contributed by atoms with Crippen LogP contribution in [-0.4, -0.2) is 36.0 Å². The summed E-state index contributed by atoms with van der Waals surface area (Å²) in [6.45, 7) is 0.479. The average Bonchev–Trinajstić information content (AvgIpc) is 3.28. The largest absolute Gasteiger partial charge is 0.468 e. The molecule has 0 bridgehead atoms. The summed E-state index contributed by atoms with van der Waals surface area (Å²) in [6, 6.07) is 15.2. The molecule has 0 aliphatic carbocycles. The number of carbonyl (C=O) groups is 1. The van der Waals surface area contributed by atoms with E-state index in [2.05, 4.69) is 5.32 Å². The van der Waals surface area contributed by atoms with Crippen molar-refractivity contribution in [2.45, 2.75) is 6.04 Å². The Labute approximate surface area is 141 Å². The van der Waals surface area contributed by atoms with E-state index in [1.807, 2.05) is 84.5 Å². The molecule has 1 atom stereocenters. The third-order valence-electron chi connectivity index (χ3n) is 3.96. The van der Waals surface area contributed by atoms with Crippen LogP contribution in [0.15, 0.2) is 71.6 Å². The first kappa shape index (κ1) is 16.1. The van der Waals surface area contributed by atoms with Gasteiger partial charge in [-0.05, 0) is 56.6 Å². The molecule has 2 aromatic heterocycles. The molecule has 0 saturated heterocycles. The van der Waals surface area contributed by atoms with Crippen molar-refractivity contribution < 1.29 is 9.21 Å². The first-order chi connectivity index (χ1) is 11.6. The second kappa shape index (κ2) is 7.19. The summed E-state index contributed by atoms with van der Waals surface area (Å²) in [5, 5.41) is 2.99. The first-order valence-corrected chi connectivity index (χ1v) is 7.86. The summed E-state index contributed by atoms with van der Waals surface area (Å²) in [5.41, 5.74) is 1.60. The van der Waals surface area contributed by atoms with E-state index in [-0.39, 0.29) is 11.9 Å². The number of carbonyl (C=O) groups excluding carboxylic acids is 1. The number of furan rings is 1. The molecule has 1 unspecified atom stereocenters. The molecule has 1 aromatic carbocycles. The van der Waals surface area contributed by atoms with Crippen LogP contribution >= 0.6 is 0 Å². The zero-order valence-electron chi connectivity index (χ0n) is 13.8. The SMILES string of the molecule is CN(C)C(CNC(=O)c1cccc(-n2cccc2)c1)c1ccco1. The minimum absolute atomic E-state index is 0.00317. The third-order valence-corrected chi connectivity index (χ3v) is 3.96. The molecular formula is C19H21N3O2. The van der Waals surface area contributed by atoms with E-state index >= 15 is 0 Å². The van der Waals surface area contributed by atoms with Crippen molar-refractivity contribution in [3.05, 3.63) is 78.5 Å². The summed E-state index contributed by atoms with van der Waals surface area (Å²) in [6.07, 6.45) is 5.56. The van der Waals surface area contributed by atoms with Crippen molar-refractivity contribution in [3.8, 4) is 5.69 Å². The Morgan fingerprint density at radius 1 is 1.17 bits per heavy atom. The number of benzene rings is 1. The lowest BCUT2D eigenvalue weighted by Gasteiger charge is -2.22. The summed E-state index contributed by atoms with van der Waals surface area (Å²) in [5.74, 6) is 0.740. The van der Waals surface area contributed by atoms with Gasteiger partial charge in [-0.15, -0.1) is 0 Å². The predicted molar refractivity (Wildman–Crippen MR) is 93.2 cm³/mol. The van der Waals surface area contributed by atoms with Crippen molar-refractivity contribution >= 4 is 5.91 Å². The second-order valence-corrected chi connectivity index (χ2v) is 5.85. The van der Waals surface area contributed by atoms with E-state index in [0.717, 1.165) is 11.4 Å². The zero-order chi connectivity index (χ0) is 16.9. The summed E-state index contributed by atoms with van der Waals surface area (Å²) in [7, 11) is 3.93. The number of hydrogen-bond acceptors (Lipinski definition) is 3. The van der Waals surface area contributed by atoms with Crippen LogP contribution in [0.5, 0.6) is 0 Å². The Balaban J connectivity index is 1.70. The molecule has 0 aliphatic rings. The van der Waals surface area contributed by atoms with Crippen LogP contribution in [0.2, 0.25) is 0 Å². The molecule has 0 saturated carbocycles.